The molecule has 0 atom stereocenters. The Morgan fingerprint density at radius 3 is 3.00 bits per heavy atom. The summed E-state index contributed by atoms with van der Waals surface area (Å²) in [5.74, 6) is 0.608. The number of hydrogen-bond acceptors (Lipinski definition) is 7. The van der Waals surface area contributed by atoms with Crippen molar-refractivity contribution in [3.05, 3.63) is 62.4 Å². The van der Waals surface area contributed by atoms with Crippen LogP contribution in [0.2, 0.25) is 0 Å². The summed E-state index contributed by atoms with van der Waals surface area (Å²) in [7, 11) is 1.61. The molecule has 2 N–H and O–H groups in total. The summed E-state index contributed by atoms with van der Waals surface area (Å²) in [5.41, 5.74) is 2.44. The van der Waals surface area contributed by atoms with E-state index in [4.69, 9.17) is 4.74 Å². The van der Waals surface area contributed by atoms with Gasteiger partial charge >= 0.3 is 6.03 Å². The Labute approximate surface area is 199 Å². The molecule has 0 radical (unpaired) electrons. The summed E-state index contributed by atoms with van der Waals surface area (Å²) < 4.78 is 5.22. The number of nitriles is 1. The molecule has 1 aliphatic heterocycles. The number of carbonyl (C=O) groups excluding carboxylic acids is 2. The molecule has 0 aliphatic carbocycles. The highest BCUT2D eigenvalue weighted by atomic mass is 32.1. The molecule has 0 unspecified atom stereocenters. The summed E-state index contributed by atoms with van der Waals surface area (Å²) >= 11 is 2.87. The van der Waals surface area contributed by atoms with Crippen molar-refractivity contribution in [3.8, 4) is 11.8 Å². The molecule has 0 fully saturated rings. The number of thiazole rings is 1. The van der Waals surface area contributed by atoms with Crippen molar-refractivity contribution in [1.29, 1.82) is 5.26 Å². The highest BCUT2D eigenvalue weighted by molar-refractivity contribution is 7.16. The molecule has 33 heavy (non-hydrogen) atoms. The number of thiophene rings is 1. The van der Waals surface area contributed by atoms with Crippen LogP contribution in [0.4, 0.5) is 9.80 Å². The first kappa shape index (κ1) is 22.8. The zero-order valence-electron chi connectivity index (χ0n) is 18.1. The maximum Gasteiger partial charge on any atom is 0.318 e. The van der Waals surface area contributed by atoms with Crippen molar-refractivity contribution in [2.75, 3.05) is 19.0 Å². The third-order valence-electron chi connectivity index (χ3n) is 5.36. The first-order valence-corrected chi connectivity index (χ1v) is 12.2. The molecule has 8 nitrogen and oxygen atoms in total. The Bertz CT molecular complexity index is 1180. The number of benzene rings is 1. The second-order valence-electron chi connectivity index (χ2n) is 7.48. The van der Waals surface area contributed by atoms with Crippen molar-refractivity contribution in [1.82, 2.24) is 15.2 Å². The lowest BCUT2D eigenvalue weighted by atomic mass is 10.0. The van der Waals surface area contributed by atoms with Crippen LogP contribution in [0.25, 0.3) is 0 Å². The molecule has 4 rings (SSSR count). The minimum Gasteiger partial charge on any atom is -0.497 e. The molecule has 0 saturated carbocycles. The van der Waals surface area contributed by atoms with E-state index in [2.05, 4.69) is 21.7 Å². The number of carbonyl (C=O) groups is 2. The van der Waals surface area contributed by atoms with Gasteiger partial charge in [-0.3, -0.25) is 4.79 Å². The van der Waals surface area contributed by atoms with Crippen molar-refractivity contribution >= 4 is 39.6 Å². The van der Waals surface area contributed by atoms with Crippen LogP contribution in [-0.4, -0.2) is 35.5 Å². The molecule has 170 valence electrons. The molecule has 0 bridgehead atoms. The highest BCUT2D eigenvalue weighted by Gasteiger charge is 2.27. The maximum absolute atomic E-state index is 12.6. The lowest BCUT2D eigenvalue weighted by Crippen LogP contribution is -2.42. The van der Waals surface area contributed by atoms with E-state index >= 15 is 0 Å². The van der Waals surface area contributed by atoms with Crippen molar-refractivity contribution in [3.63, 3.8) is 0 Å². The van der Waals surface area contributed by atoms with Gasteiger partial charge in [0, 0.05) is 29.4 Å². The van der Waals surface area contributed by atoms with E-state index < -0.39 is 0 Å². The monoisotopic (exact) mass is 481 g/mol. The third-order valence-corrected chi connectivity index (χ3v) is 7.27. The molecule has 0 saturated heterocycles. The van der Waals surface area contributed by atoms with Crippen molar-refractivity contribution in [2.24, 2.45) is 0 Å². The first-order chi connectivity index (χ1) is 16.1. The van der Waals surface area contributed by atoms with E-state index in [-0.39, 0.29) is 11.9 Å². The van der Waals surface area contributed by atoms with Gasteiger partial charge in [-0.1, -0.05) is 12.1 Å². The van der Waals surface area contributed by atoms with Gasteiger partial charge in [0.05, 0.1) is 25.8 Å². The van der Waals surface area contributed by atoms with Crippen LogP contribution in [-0.2, 0) is 30.7 Å². The molecular formula is C23H23N5O3S2. The van der Waals surface area contributed by atoms with Crippen LogP contribution in [0.15, 0.2) is 35.8 Å². The number of anilines is 1. The minimum absolute atomic E-state index is 0.147. The first-order valence-electron chi connectivity index (χ1n) is 10.5. The van der Waals surface area contributed by atoms with Crippen LogP contribution >= 0.6 is 22.7 Å². The summed E-state index contributed by atoms with van der Waals surface area (Å²) in [6.45, 7) is 1.33. The van der Waals surface area contributed by atoms with E-state index in [1.807, 2.05) is 29.6 Å². The Kier molecular flexibility index (Phi) is 7.22. The largest absolute Gasteiger partial charge is 0.497 e. The molecule has 1 aliphatic rings. The van der Waals surface area contributed by atoms with Crippen LogP contribution in [0.1, 0.15) is 33.0 Å². The normalized spacial score (nSPS) is 12.5. The molecule has 1 aromatic carbocycles. The fourth-order valence-corrected chi connectivity index (χ4v) is 5.45. The van der Waals surface area contributed by atoms with E-state index in [1.165, 1.54) is 22.7 Å². The molecule has 0 spiro atoms. The lowest BCUT2D eigenvalue weighted by molar-refractivity contribution is -0.116. The van der Waals surface area contributed by atoms with Gasteiger partial charge in [0.1, 0.15) is 21.8 Å². The molecule has 10 heteroatoms. The van der Waals surface area contributed by atoms with Crippen LogP contribution in [0, 0.1) is 11.3 Å². The zero-order valence-corrected chi connectivity index (χ0v) is 19.7. The third kappa shape index (κ3) is 5.50. The highest BCUT2D eigenvalue weighted by Crippen LogP contribution is 2.36. The zero-order chi connectivity index (χ0) is 23.2. The molecule has 2 aromatic heterocycles. The van der Waals surface area contributed by atoms with Gasteiger partial charge in [-0.05, 0) is 36.1 Å². The number of rotatable bonds is 7. The van der Waals surface area contributed by atoms with Gasteiger partial charge in [0.15, 0.2) is 0 Å². The molecule has 3 amide bonds. The van der Waals surface area contributed by atoms with Gasteiger partial charge in [0.2, 0.25) is 5.91 Å². The smallest absolute Gasteiger partial charge is 0.318 e. The Morgan fingerprint density at radius 2 is 2.24 bits per heavy atom. The van der Waals surface area contributed by atoms with E-state index in [9.17, 15) is 14.9 Å². The van der Waals surface area contributed by atoms with Crippen molar-refractivity contribution in [2.45, 2.75) is 32.4 Å². The van der Waals surface area contributed by atoms with Crippen molar-refractivity contribution < 1.29 is 14.3 Å². The fourth-order valence-electron chi connectivity index (χ4n) is 3.66. The molecular weight excluding hydrogens is 458 g/mol. The minimum atomic E-state index is -0.161. The number of methoxy groups -OCH3 is 1. The molecule has 3 aromatic rings. The number of ether oxygens (including phenoxy) is 1. The average Bonchev–Trinajstić information content (AvgIpc) is 3.48. The van der Waals surface area contributed by atoms with E-state index in [0.717, 1.165) is 26.8 Å². The number of urea groups is 1. The Morgan fingerprint density at radius 1 is 1.36 bits per heavy atom. The summed E-state index contributed by atoms with van der Waals surface area (Å²) in [5, 5.41) is 18.8. The summed E-state index contributed by atoms with van der Waals surface area (Å²) in [6, 6.07) is 9.70. The predicted octanol–water partition coefficient (Wildman–Crippen LogP) is 3.92. The van der Waals surface area contributed by atoms with Crippen LogP contribution in [0.3, 0.4) is 0 Å². The number of nitrogens with zero attached hydrogens (tertiary/aromatic N) is 3. The quantitative estimate of drug-likeness (QED) is 0.532. The lowest BCUT2D eigenvalue weighted by Gasteiger charge is -2.27. The summed E-state index contributed by atoms with van der Waals surface area (Å²) in [6.07, 6.45) is 3.16. The van der Waals surface area contributed by atoms with Gasteiger partial charge < -0.3 is 20.3 Å². The number of nitrogens with one attached hydrogen (secondary N) is 2. The number of aryl methyl sites for hydroxylation is 1. The van der Waals surface area contributed by atoms with E-state index in [1.54, 1.807) is 18.2 Å². The number of aromatic nitrogens is 1. The number of amides is 3. The van der Waals surface area contributed by atoms with E-state index in [0.29, 0.717) is 49.5 Å². The number of hydrogen-bond donors (Lipinski definition) is 2. The SMILES string of the molecule is COc1cccc(CCC(=O)Nc2sc3c(c2C#N)CCN(C(=O)NCc2nccs2)C3)c1. The second-order valence-corrected chi connectivity index (χ2v) is 9.56. The van der Waals surface area contributed by atoms with Gasteiger partial charge in [-0.25, -0.2) is 9.78 Å². The van der Waals surface area contributed by atoms with Crippen LogP contribution in [0.5, 0.6) is 5.75 Å². The Balaban J connectivity index is 1.37. The van der Waals surface area contributed by atoms with Crippen LogP contribution < -0.4 is 15.4 Å². The molecule has 3 heterocycles. The Hall–Kier alpha value is -3.42. The van der Waals surface area contributed by atoms with Gasteiger partial charge in [-0.2, -0.15) is 5.26 Å². The predicted molar refractivity (Wildman–Crippen MR) is 127 cm³/mol. The fraction of sp³-hybridized carbons (Fsp3) is 0.304. The standard InChI is InChI=1S/C23H23N5O3S2/c1-31-16-4-2-3-15(11-16)5-6-20(29)27-22-18(12-24)17-7-9-28(14-19(17)33-22)23(30)26-13-21-25-8-10-32-21/h2-4,8,10-11H,5-7,9,13-14H2,1H3,(H,26,30)(H,27,29). The average molecular weight is 482 g/mol. The van der Waals surface area contributed by atoms with Gasteiger partial charge in [0.25, 0.3) is 0 Å². The topological polar surface area (TPSA) is 107 Å². The second kappa shape index (κ2) is 10.5. The number of fused-ring (bicyclic) bond motifs is 1. The van der Waals surface area contributed by atoms with Gasteiger partial charge in [-0.15, -0.1) is 22.7 Å². The summed E-state index contributed by atoms with van der Waals surface area (Å²) in [4.78, 5) is 32.0. The maximum atomic E-state index is 12.6.